The van der Waals surface area contributed by atoms with Crippen LogP contribution in [0.2, 0.25) is 0 Å². The SMILES string of the molecule is Cc1ccc(C(=N)N)c(OCc2ccccc2)c1. The Labute approximate surface area is 107 Å². The van der Waals surface area contributed by atoms with Gasteiger partial charge in [0.25, 0.3) is 0 Å². The number of ether oxygens (including phenoxy) is 1. The molecule has 0 spiro atoms. The molecule has 0 aliphatic heterocycles. The maximum Gasteiger partial charge on any atom is 0.130 e. The number of benzene rings is 2. The van der Waals surface area contributed by atoms with Gasteiger partial charge in [0.1, 0.15) is 18.2 Å². The Morgan fingerprint density at radius 3 is 2.56 bits per heavy atom. The van der Waals surface area contributed by atoms with Crippen LogP contribution < -0.4 is 10.5 Å². The molecule has 18 heavy (non-hydrogen) atoms. The lowest BCUT2D eigenvalue weighted by Gasteiger charge is -2.11. The molecule has 0 bridgehead atoms. The van der Waals surface area contributed by atoms with E-state index in [9.17, 15) is 0 Å². The summed E-state index contributed by atoms with van der Waals surface area (Å²) in [6.45, 7) is 2.46. The Balaban J connectivity index is 2.18. The third kappa shape index (κ3) is 2.88. The van der Waals surface area contributed by atoms with E-state index >= 15 is 0 Å². The first kappa shape index (κ1) is 12.2. The minimum absolute atomic E-state index is 0.0260. The van der Waals surface area contributed by atoms with Crippen LogP contribution in [0.3, 0.4) is 0 Å². The maximum atomic E-state index is 7.53. The standard InChI is InChI=1S/C15H16N2O/c1-11-7-8-13(15(16)17)14(9-11)18-10-12-5-3-2-4-6-12/h2-9H,10H2,1H3,(H3,16,17). The second kappa shape index (κ2) is 5.36. The summed E-state index contributed by atoms with van der Waals surface area (Å²) in [7, 11) is 0. The van der Waals surface area contributed by atoms with Crippen LogP contribution in [0.15, 0.2) is 48.5 Å². The number of rotatable bonds is 4. The van der Waals surface area contributed by atoms with Gasteiger partial charge < -0.3 is 10.5 Å². The first-order valence-corrected chi connectivity index (χ1v) is 5.78. The summed E-state index contributed by atoms with van der Waals surface area (Å²) in [5.74, 6) is 0.685. The number of aryl methyl sites for hydroxylation is 1. The molecule has 0 fully saturated rings. The van der Waals surface area contributed by atoms with Crippen LogP contribution in [0.5, 0.6) is 5.75 Å². The fourth-order valence-corrected chi connectivity index (χ4v) is 1.71. The Morgan fingerprint density at radius 2 is 1.89 bits per heavy atom. The number of nitrogens with one attached hydrogen (secondary N) is 1. The molecule has 0 atom stereocenters. The number of amidine groups is 1. The maximum absolute atomic E-state index is 7.53. The van der Waals surface area contributed by atoms with Gasteiger partial charge in [-0.2, -0.15) is 0 Å². The van der Waals surface area contributed by atoms with Gasteiger partial charge >= 0.3 is 0 Å². The fraction of sp³-hybridized carbons (Fsp3) is 0.133. The lowest BCUT2D eigenvalue weighted by atomic mass is 10.1. The fourth-order valence-electron chi connectivity index (χ4n) is 1.71. The van der Waals surface area contributed by atoms with Crippen LogP contribution in [0.25, 0.3) is 0 Å². The van der Waals surface area contributed by atoms with E-state index in [1.807, 2.05) is 55.5 Å². The Kier molecular flexibility index (Phi) is 3.63. The molecule has 0 heterocycles. The zero-order valence-electron chi connectivity index (χ0n) is 10.3. The minimum atomic E-state index is 0.0260. The number of hydrogen-bond acceptors (Lipinski definition) is 2. The van der Waals surface area contributed by atoms with Gasteiger partial charge in [-0.25, -0.2) is 0 Å². The van der Waals surface area contributed by atoms with Crippen molar-refractivity contribution in [1.29, 1.82) is 5.41 Å². The van der Waals surface area contributed by atoms with E-state index in [4.69, 9.17) is 15.9 Å². The molecule has 0 saturated carbocycles. The van der Waals surface area contributed by atoms with Crippen molar-refractivity contribution in [2.75, 3.05) is 0 Å². The van der Waals surface area contributed by atoms with Crippen molar-refractivity contribution in [3.8, 4) is 5.75 Å². The molecule has 2 rings (SSSR count). The van der Waals surface area contributed by atoms with E-state index in [-0.39, 0.29) is 5.84 Å². The normalized spacial score (nSPS) is 10.1. The van der Waals surface area contributed by atoms with Crippen LogP contribution in [0.4, 0.5) is 0 Å². The Hall–Kier alpha value is -2.29. The number of hydrogen-bond donors (Lipinski definition) is 2. The van der Waals surface area contributed by atoms with Crippen molar-refractivity contribution in [3.05, 3.63) is 65.2 Å². The molecule has 0 aromatic heterocycles. The van der Waals surface area contributed by atoms with Crippen molar-refractivity contribution >= 4 is 5.84 Å². The van der Waals surface area contributed by atoms with Crippen molar-refractivity contribution in [2.45, 2.75) is 13.5 Å². The summed E-state index contributed by atoms with van der Waals surface area (Å²) in [5, 5.41) is 7.53. The highest BCUT2D eigenvalue weighted by Crippen LogP contribution is 2.21. The van der Waals surface area contributed by atoms with Gasteiger partial charge in [0.2, 0.25) is 0 Å². The van der Waals surface area contributed by atoms with Gasteiger partial charge in [0, 0.05) is 0 Å². The zero-order chi connectivity index (χ0) is 13.0. The van der Waals surface area contributed by atoms with Crippen LogP contribution in [0, 0.1) is 12.3 Å². The van der Waals surface area contributed by atoms with E-state index in [1.165, 1.54) is 0 Å². The van der Waals surface area contributed by atoms with E-state index in [1.54, 1.807) is 0 Å². The van der Waals surface area contributed by atoms with Gasteiger partial charge in [-0.15, -0.1) is 0 Å². The highest BCUT2D eigenvalue weighted by atomic mass is 16.5. The second-order valence-corrected chi connectivity index (χ2v) is 4.19. The molecule has 0 unspecified atom stereocenters. The summed E-state index contributed by atoms with van der Waals surface area (Å²) in [4.78, 5) is 0. The zero-order valence-corrected chi connectivity index (χ0v) is 10.3. The lowest BCUT2D eigenvalue weighted by Crippen LogP contribution is -2.13. The highest BCUT2D eigenvalue weighted by Gasteiger charge is 2.07. The Bertz CT molecular complexity index is 550. The van der Waals surface area contributed by atoms with Gasteiger partial charge in [0.15, 0.2) is 0 Å². The van der Waals surface area contributed by atoms with Crippen molar-refractivity contribution < 1.29 is 4.74 Å². The van der Waals surface area contributed by atoms with E-state index in [0.29, 0.717) is 17.9 Å². The quantitative estimate of drug-likeness (QED) is 0.637. The molecule has 0 saturated heterocycles. The summed E-state index contributed by atoms with van der Waals surface area (Å²) in [6.07, 6.45) is 0. The summed E-state index contributed by atoms with van der Waals surface area (Å²) < 4.78 is 5.74. The monoisotopic (exact) mass is 240 g/mol. The lowest BCUT2D eigenvalue weighted by molar-refractivity contribution is 0.305. The minimum Gasteiger partial charge on any atom is -0.488 e. The number of nitrogens with two attached hydrogens (primary N) is 1. The molecule has 3 nitrogen and oxygen atoms in total. The molecule has 92 valence electrons. The third-order valence-electron chi connectivity index (χ3n) is 2.66. The molecular weight excluding hydrogens is 224 g/mol. The molecule has 3 heteroatoms. The Morgan fingerprint density at radius 1 is 1.17 bits per heavy atom. The predicted octanol–water partition coefficient (Wildman–Crippen LogP) is 2.86. The molecule has 0 aliphatic carbocycles. The van der Waals surface area contributed by atoms with Crippen LogP contribution in [-0.2, 0) is 6.61 Å². The van der Waals surface area contributed by atoms with Gasteiger partial charge in [-0.1, -0.05) is 36.4 Å². The summed E-state index contributed by atoms with van der Waals surface area (Å²) in [6, 6.07) is 15.6. The smallest absolute Gasteiger partial charge is 0.130 e. The van der Waals surface area contributed by atoms with Crippen LogP contribution in [-0.4, -0.2) is 5.84 Å². The summed E-state index contributed by atoms with van der Waals surface area (Å²) >= 11 is 0. The first-order chi connectivity index (χ1) is 8.66. The van der Waals surface area contributed by atoms with Crippen LogP contribution in [0.1, 0.15) is 16.7 Å². The molecule has 2 aromatic rings. The average molecular weight is 240 g/mol. The van der Waals surface area contributed by atoms with E-state index < -0.39 is 0 Å². The largest absolute Gasteiger partial charge is 0.488 e. The molecular formula is C15H16N2O. The van der Waals surface area contributed by atoms with Gasteiger partial charge in [-0.3, -0.25) is 5.41 Å². The molecule has 0 radical (unpaired) electrons. The van der Waals surface area contributed by atoms with E-state index in [2.05, 4.69) is 0 Å². The average Bonchev–Trinajstić information content (AvgIpc) is 2.37. The second-order valence-electron chi connectivity index (χ2n) is 4.19. The topological polar surface area (TPSA) is 59.1 Å². The molecule has 3 N–H and O–H groups in total. The van der Waals surface area contributed by atoms with E-state index in [0.717, 1.165) is 11.1 Å². The number of nitrogen functional groups attached to an aromatic ring is 1. The predicted molar refractivity (Wildman–Crippen MR) is 73.0 cm³/mol. The van der Waals surface area contributed by atoms with Crippen LogP contribution >= 0.6 is 0 Å². The van der Waals surface area contributed by atoms with Gasteiger partial charge in [0.05, 0.1) is 5.56 Å². The summed E-state index contributed by atoms with van der Waals surface area (Å²) in [5.41, 5.74) is 8.35. The van der Waals surface area contributed by atoms with Gasteiger partial charge in [-0.05, 0) is 30.2 Å². The van der Waals surface area contributed by atoms with Crippen molar-refractivity contribution in [2.24, 2.45) is 5.73 Å². The molecule has 0 aliphatic rings. The molecule has 2 aromatic carbocycles. The highest BCUT2D eigenvalue weighted by molar-refractivity contribution is 5.97. The third-order valence-corrected chi connectivity index (χ3v) is 2.66. The first-order valence-electron chi connectivity index (χ1n) is 5.78. The molecule has 0 amide bonds. The van der Waals surface area contributed by atoms with Crippen molar-refractivity contribution in [1.82, 2.24) is 0 Å². The van der Waals surface area contributed by atoms with Crippen molar-refractivity contribution in [3.63, 3.8) is 0 Å².